The van der Waals surface area contributed by atoms with Crippen LogP contribution in [0.1, 0.15) is 24.0 Å². The van der Waals surface area contributed by atoms with Gasteiger partial charge in [0.05, 0.1) is 25.6 Å². The fourth-order valence-corrected chi connectivity index (χ4v) is 5.03. The molecule has 1 aliphatic heterocycles. The molecule has 168 valence electrons. The van der Waals surface area contributed by atoms with Crippen molar-refractivity contribution in [2.45, 2.75) is 25.4 Å². The number of benzene rings is 2. The molecule has 2 aromatic carbocycles. The predicted octanol–water partition coefficient (Wildman–Crippen LogP) is 5.32. The van der Waals surface area contributed by atoms with Crippen molar-refractivity contribution in [1.29, 1.82) is 0 Å². The summed E-state index contributed by atoms with van der Waals surface area (Å²) in [6.07, 6.45) is 2.81. The van der Waals surface area contributed by atoms with Gasteiger partial charge in [-0.2, -0.15) is 0 Å². The summed E-state index contributed by atoms with van der Waals surface area (Å²) in [7, 11) is -3.10. The molecule has 3 aromatic rings. The highest BCUT2D eigenvalue weighted by molar-refractivity contribution is 7.53. The summed E-state index contributed by atoms with van der Waals surface area (Å²) >= 11 is 0. The van der Waals surface area contributed by atoms with E-state index in [-0.39, 0.29) is 18.5 Å². The molecule has 2 heterocycles. The molecule has 0 bridgehead atoms. The number of nitrogens with zero attached hydrogens (tertiary/aromatic N) is 1. The Morgan fingerprint density at radius 3 is 2.53 bits per heavy atom. The second kappa shape index (κ2) is 9.73. The molecule has 1 aliphatic rings. The van der Waals surface area contributed by atoms with Crippen LogP contribution in [0.4, 0.5) is 14.5 Å². The van der Waals surface area contributed by atoms with Gasteiger partial charge in [0, 0.05) is 23.2 Å². The van der Waals surface area contributed by atoms with E-state index in [2.05, 4.69) is 10.5 Å². The molecule has 0 unspecified atom stereocenters. The van der Waals surface area contributed by atoms with Crippen molar-refractivity contribution < 1.29 is 31.7 Å². The molecule has 1 amide bonds. The van der Waals surface area contributed by atoms with E-state index in [0.717, 1.165) is 24.1 Å². The zero-order chi connectivity index (χ0) is 22.6. The Balaban J connectivity index is 1.32. The summed E-state index contributed by atoms with van der Waals surface area (Å²) in [5.74, 6) is -1.88. The predicted molar refractivity (Wildman–Crippen MR) is 113 cm³/mol. The average Bonchev–Trinajstić information content (AvgIpc) is 3.25. The molecule has 1 saturated heterocycles. The molecular weight excluding hydrogens is 441 g/mol. The Morgan fingerprint density at radius 2 is 1.81 bits per heavy atom. The molecule has 10 heteroatoms. The van der Waals surface area contributed by atoms with E-state index in [4.69, 9.17) is 13.6 Å². The maximum Gasteiger partial charge on any atom is 0.335 e. The van der Waals surface area contributed by atoms with Crippen LogP contribution in [0, 0.1) is 11.6 Å². The lowest BCUT2D eigenvalue weighted by Gasteiger charge is -2.22. The van der Waals surface area contributed by atoms with Gasteiger partial charge in [-0.3, -0.25) is 9.36 Å². The lowest BCUT2D eigenvalue weighted by molar-refractivity contribution is -0.116. The smallest absolute Gasteiger partial charge is 0.335 e. The average molecular weight is 462 g/mol. The normalized spacial score (nSPS) is 15.4. The van der Waals surface area contributed by atoms with Crippen molar-refractivity contribution in [3.63, 3.8) is 0 Å². The van der Waals surface area contributed by atoms with Gasteiger partial charge in [0.2, 0.25) is 5.91 Å². The van der Waals surface area contributed by atoms with Crippen LogP contribution in [0.2, 0.25) is 0 Å². The van der Waals surface area contributed by atoms with Crippen LogP contribution in [-0.2, 0) is 31.0 Å². The molecule has 1 N–H and O–H groups in total. The Morgan fingerprint density at radius 1 is 1.06 bits per heavy atom. The van der Waals surface area contributed by atoms with Crippen LogP contribution < -0.4 is 5.32 Å². The van der Waals surface area contributed by atoms with Gasteiger partial charge in [0.15, 0.2) is 17.4 Å². The summed E-state index contributed by atoms with van der Waals surface area (Å²) in [4.78, 5) is 12.4. The van der Waals surface area contributed by atoms with Gasteiger partial charge < -0.3 is 18.9 Å². The summed E-state index contributed by atoms with van der Waals surface area (Å²) in [6.45, 7) is 0.852. The van der Waals surface area contributed by atoms with E-state index >= 15 is 0 Å². The SMILES string of the molecule is O=C(CCc1cnoc1-c1ccc(F)c(F)c1)Nc1ccc(CP2(=O)OCCCO2)cc1. The van der Waals surface area contributed by atoms with Crippen LogP contribution in [0.25, 0.3) is 11.3 Å². The number of carbonyl (C=O) groups excluding carboxylic acids is 1. The third-order valence-electron chi connectivity index (χ3n) is 4.93. The molecular formula is C22H21F2N2O5P. The van der Waals surface area contributed by atoms with E-state index in [1.54, 1.807) is 24.3 Å². The van der Waals surface area contributed by atoms with Gasteiger partial charge in [0.1, 0.15) is 0 Å². The summed E-state index contributed by atoms with van der Waals surface area (Å²) in [5.41, 5.74) is 2.33. The molecule has 1 fully saturated rings. The van der Waals surface area contributed by atoms with E-state index in [1.165, 1.54) is 12.3 Å². The number of nitrogens with one attached hydrogen (secondary N) is 1. The van der Waals surface area contributed by atoms with Crippen molar-refractivity contribution in [2.24, 2.45) is 0 Å². The van der Waals surface area contributed by atoms with Gasteiger partial charge in [-0.1, -0.05) is 17.3 Å². The zero-order valence-corrected chi connectivity index (χ0v) is 17.9. The quantitative estimate of drug-likeness (QED) is 0.478. The molecule has 0 spiro atoms. The van der Waals surface area contributed by atoms with E-state index < -0.39 is 19.2 Å². The number of anilines is 1. The highest BCUT2D eigenvalue weighted by Crippen LogP contribution is 2.53. The molecule has 4 rings (SSSR count). The molecule has 0 radical (unpaired) electrons. The van der Waals surface area contributed by atoms with Gasteiger partial charge in [-0.15, -0.1) is 0 Å². The van der Waals surface area contributed by atoms with Crippen LogP contribution in [-0.4, -0.2) is 24.3 Å². The van der Waals surface area contributed by atoms with Gasteiger partial charge >= 0.3 is 7.60 Å². The number of halogens is 2. The molecule has 7 nitrogen and oxygen atoms in total. The Kier molecular flexibility index (Phi) is 6.79. The highest BCUT2D eigenvalue weighted by atomic mass is 31.2. The fourth-order valence-electron chi connectivity index (χ4n) is 3.30. The highest BCUT2D eigenvalue weighted by Gasteiger charge is 2.28. The van der Waals surface area contributed by atoms with Crippen LogP contribution in [0.5, 0.6) is 0 Å². The monoisotopic (exact) mass is 462 g/mol. The summed E-state index contributed by atoms with van der Waals surface area (Å²) in [6, 6.07) is 10.4. The van der Waals surface area contributed by atoms with Crippen LogP contribution >= 0.6 is 7.60 Å². The number of amides is 1. The van der Waals surface area contributed by atoms with Gasteiger partial charge in [-0.25, -0.2) is 8.78 Å². The number of rotatable bonds is 7. The van der Waals surface area contributed by atoms with Crippen molar-refractivity contribution >= 4 is 19.2 Å². The molecule has 0 aliphatic carbocycles. The van der Waals surface area contributed by atoms with Crippen molar-refractivity contribution in [1.82, 2.24) is 5.16 Å². The number of hydrogen-bond acceptors (Lipinski definition) is 6. The molecule has 0 atom stereocenters. The molecule has 0 saturated carbocycles. The second-order valence-corrected chi connectivity index (χ2v) is 9.40. The third kappa shape index (κ3) is 5.48. The first kappa shape index (κ1) is 22.3. The van der Waals surface area contributed by atoms with Crippen molar-refractivity contribution in [3.8, 4) is 11.3 Å². The number of aromatic nitrogens is 1. The first-order chi connectivity index (χ1) is 15.4. The van der Waals surface area contributed by atoms with Crippen molar-refractivity contribution in [3.05, 3.63) is 71.4 Å². The van der Waals surface area contributed by atoms with Crippen LogP contribution in [0.3, 0.4) is 0 Å². The Labute approximate surface area is 183 Å². The summed E-state index contributed by atoms with van der Waals surface area (Å²) in [5, 5.41) is 6.50. The summed E-state index contributed by atoms with van der Waals surface area (Å²) < 4.78 is 54.9. The Hall–Kier alpha value is -2.87. The van der Waals surface area contributed by atoms with E-state index in [0.29, 0.717) is 42.2 Å². The number of aryl methyl sites for hydroxylation is 1. The van der Waals surface area contributed by atoms with Crippen LogP contribution in [0.15, 0.2) is 53.2 Å². The minimum Gasteiger partial charge on any atom is -0.356 e. The second-order valence-electron chi connectivity index (χ2n) is 7.34. The van der Waals surface area contributed by atoms with Gasteiger partial charge in [0.25, 0.3) is 0 Å². The standard InChI is InChI=1S/C22H21F2N2O5P/c23-19-8-4-16(12-20(19)24)22-17(13-25-31-22)5-9-21(27)26-18-6-2-15(3-7-18)14-32(28)29-10-1-11-30-32/h2-4,6-8,12-13H,1,5,9-11,14H2,(H,26,27). The van der Waals surface area contributed by atoms with Crippen molar-refractivity contribution in [2.75, 3.05) is 18.5 Å². The topological polar surface area (TPSA) is 90.7 Å². The number of hydrogen-bond donors (Lipinski definition) is 1. The van der Waals surface area contributed by atoms with E-state index in [9.17, 15) is 18.1 Å². The first-order valence-corrected chi connectivity index (χ1v) is 11.8. The number of carbonyl (C=O) groups is 1. The maximum atomic E-state index is 13.5. The van der Waals surface area contributed by atoms with Gasteiger partial charge in [-0.05, 0) is 48.7 Å². The molecule has 32 heavy (non-hydrogen) atoms. The lowest BCUT2D eigenvalue weighted by Crippen LogP contribution is -2.12. The van der Waals surface area contributed by atoms with E-state index in [1.807, 2.05) is 0 Å². The third-order valence-corrected chi connectivity index (χ3v) is 6.83. The minimum atomic E-state index is -3.10. The zero-order valence-electron chi connectivity index (χ0n) is 17.1. The minimum absolute atomic E-state index is 0.135. The lowest BCUT2D eigenvalue weighted by atomic mass is 10.0. The molecule has 1 aromatic heterocycles. The Bertz CT molecular complexity index is 1140. The maximum absolute atomic E-state index is 13.5. The first-order valence-electron chi connectivity index (χ1n) is 10.1. The fraction of sp³-hybridized carbons (Fsp3) is 0.273. The largest absolute Gasteiger partial charge is 0.356 e.